The first-order valence-electron chi connectivity index (χ1n) is 7.39. The second-order valence-corrected chi connectivity index (χ2v) is 5.36. The van der Waals surface area contributed by atoms with Gasteiger partial charge >= 0.3 is 0 Å². The van der Waals surface area contributed by atoms with Gasteiger partial charge < -0.3 is 4.74 Å². The molecule has 0 spiro atoms. The number of methoxy groups -OCH3 is 1. The van der Waals surface area contributed by atoms with Gasteiger partial charge in [0.1, 0.15) is 5.69 Å². The van der Waals surface area contributed by atoms with E-state index in [1.165, 1.54) is 38.5 Å². The molecule has 0 aliphatic heterocycles. The predicted molar refractivity (Wildman–Crippen MR) is 74.6 cm³/mol. The first-order chi connectivity index (χ1) is 9.26. The highest BCUT2D eigenvalue weighted by atomic mass is 16.5. The summed E-state index contributed by atoms with van der Waals surface area (Å²) in [7, 11) is 1.60. The number of ether oxygens (including phenoxy) is 1. The summed E-state index contributed by atoms with van der Waals surface area (Å²) in [5.74, 6) is 1.34. The summed E-state index contributed by atoms with van der Waals surface area (Å²) >= 11 is 0. The summed E-state index contributed by atoms with van der Waals surface area (Å²) in [5.41, 5.74) is 0.647. The van der Waals surface area contributed by atoms with Gasteiger partial charge in [0.05, 0.1) is 13.3 Å². The van der Waals surface area contributed by atoms with E-state index in [2.05, 4.69) is 5.10 Å². The molecule has 106 valence electrons. The van der Waals surface area contributed by atoms with E-state index >= 15 is 0 Å². The lowest BCUT2D eigenvalue weighted by molar-refractivity contribution is 0.0943. The van der Waals surface area contributed by atoms with Gasteiger partial charge in [-0.05, 0) is 12.8 Å². The Morgan fingerprint density at radius 2 is 2.05 bits per heavy atom. The maximum Gasteiger partial charge on any atom is 0.184 e. The molecule has 4 nitrogen and oxygen atoms in total. The molecule has 0 N–H and O–H groups in total. The zero-order chi connectivity index (χ0) is 13.7. The molecule has 1 saturated carbocycles. The molecule has 1 aromatic rings. The van der Waals surface area contributed by atoms with E-state index < -0.39 is 0 Å². The van der Waals surface area contributed by atoms with Gasteiger partial charge in [-0.15, -0.1) is 0 Å². The van der Waals surface area contributed by atoms with E-state index in [0.717, 1.165) is 0 Å². The van der Waals surface area contributed by atoms with Crippen LogP contribution in [0.5, 0.6) is 5.75 Å². The summed E-state index contributed by atoms with van der Waals surface area (Å²) in [6.07, 6.45) is 9.83. The molecule has 1 heterocycles. The standard InChI is InChI=1S/C15H24N2O2/c1-3-17-15(14(19-2)11-16-17)13(18)10-12-8-6-4-5-7-9-12/h11-12H,3-10H2,1-2H3. The van der Waals surface area contributed by atoms with Crippen molar-refractivity contribution in [2.75, 3.05) is 7.11 Å². The summed E-state index contributed by atoms with van der Waals surface area (Å²) in [4.78, 5) is 12.5. The number of aryl methyl sites for hydroxylation is 1. The molecule has 1 aromatic heterocycles. The maximum atomic E-state index is 12.5. The third-order valence-corrected chi connectivity index (χ3v) is 4.04. The van der Waals surface area contributed by atoms with Crippen molar-refractivity contribution in [2.45, 2.75) is 58.4 Å². The van der Waals surface area contributed by atoms with Gasteiger partial charge in [0.2, 0.25) is 0 Å². The van der Waals surface area contributed by atoms with Crippen molar-refractivity contribution < 1.29 is 9.53 Å². The minimum atomic E-state index is 0.183. The number of aromatic nitrogens is 2. The number of carbonyl (C=O) groups excluding carboxylic acids is 1. The van der Waals surface area contributed by atoms with Gasteiger partial charge in [-0.25, -0.2) is 0 Å². The van der Waals surface area contributed by atoms with Crippen LogP contribution in [0.25, 0.3) is 0 Å². The molecule has 0 unspecified atom stereocenters. The Morgan fingerprint density at radius 3 is 2.63 bits per heavy atom. The zero-order valence-electron chi connectivity index (χ0n) is 12.0. The van der Waals surface area contributed by atoms with Crippen LogP contribution in [0, 0.1) is 5.92 Å². The fourth-order valence-corrected chi connectivity index (χ4v) is 2.97. The maximum absolute atomic E-state index is 12.5. The van der Waals surface area contributed by atoms with Gasteiger partial charge in [0.15, 0.2) is 11.5 Å². The Kier molecular flexibility index (Phi) is 5.00. The van der Waals surface area contributed by atoms with Crippen molar-refractivity contribution in [1.82, 2.24) is 9.78 Å². The zero-order valence-corrected chi connectivity index (χ0v) is 12.0. The lowest BCUT2D eigenvalue weighted by Crippen LogP contribution is -2.14. The lowest BCUT2D eigenvalue weighted by Gasteiger charge is -2.13. The molecule has 1 fully saturated rings. The third kappa shape index (κ3) is 3.37. The van der Waals surface area contributed by atoms with E-state index in [9.17, 15) is 4.79 Å². The second kappa shape index (κ2) is 6.73. The van der Waals surface area contributed by atoms with Crippen LogP contribution in [0.2, 0.25) is 0 Å². The summed E-state index contributed by atoms with van der Waals surface area (Å²) in [6.45, 7) is 2.70. The third-order valence-electron chi connectivity index (χ3n) is 4.04. The largest absolute Gasteiger partial charge is 0.493 e. The molecule has 0 radical (unpaired) electrons. The van der Waals surface area contributed by atoms with Gasteiger partial charge in [-0.2, -0.15) is 5.10 Å². The number of Topliss-reactive ketones (excluding diaryl/α,β-unsaturated/α-hetero) is 1. The molecule has 4 heteroatoms. The van der Waals surface area contributed by atoms with E-state index in [1.807, 2.05) is 6.92 Å². The molecule has 1 aliphatic rings. The Balaban J connectivity index is 2.08. The molecule has 0 atom stereocenters. The molecular weight excluding hydrogens is 240 g/mol. The highest BCUT2D eigenvalue weighted by Gasteiger charge is 2.23. The van der Waals surface area contributed by atoms with Crippen LogP contribution in [0.4, 0.5) is 0 Å². The average Bonchev–Trinajstić information content (AvgIpc) is 2.68. The Morgan fingerprint density at radius 1 is 1.37 bits per heavy atom. The van der Waals surface area contributed by atoms with Crippen LogP contribution in [-0.4, -0.2) is 22.7 Å². The van der Waals surface area contributed by atoms with E-state index in [0.29, 0.717) is 30.3 Å². The number of ketones is 1. The van der Waals surface area contributed by atoms with Crippen molar-refractivity contribution in [3.63, 3.8) is 0 Å². The number of hydrogen-bond acceptors (Lipinski definition) is 3. The lowest BCUT2D eigenvalue weighted by atomic mass is 9.93. The first-order valence-corrected chi connectivity index (χ1v) is 7.39. The minimum Gasteiger partial charge on any atom is -0.493 e. The van der Waals surface area contributed by atoms with Gasteiger partial charge in [-0.1, -0.05) is 38.5 Å². The normalized spacial score (nSPS) is 17.2. The Hall–Kier alpha value is -1.32. The summed E-state index contributed by atoms with van der Waals surface area (Å²) in [5, 5.41) is 4.21. The molecular formula is C15H24N2O2. The molecule has 0 amide bonds. The Bertz CT molecular complexity index is 396. The molecule has 19 heavy (non-hydrogen) atoms. The molecule has 2 rings (SSSR count). The summed E-state index contributed by atoms with van der Waals surface area (Å²) in [6, 6.07) is 0. The van der Waals surface area contributed by atoms with Gasteiger partial charge in [-0.3, -0.25) is 9.48 Å². The van der Waals surface area contributed by atoms with Crippen molar-refractivity contribution in [1.29, 1.82) is 0 Å². The van der Waals surface area contributed by atoms with Crippen LogP contribution >= 0.6 is 0 Å². The fraction of sp³-hybridized carbons (Fsp3) is 0.733. The van der Waals surface area contributed by atoms with Crippen molar-refractivity contribution in [2.24, 2.45) is 5.92 Å². The average molecular weight is 264 g/mol. The number of rotatable bonds is 5. The number of carbonyl (C=O) groups is 1. The van der Waals surface area contributed by atoms with Crippen LogP contribution in [0.15, 0.2) is 6.20 Å². The molecule has 0 aromatic carbocycles. The van der Waals surface area contributed by atoms with E-state index in [4.69, 9.17) is 4.74 Å². The van der Waals surface area contributed by atoms with E-state index in [1.54, 1.807) is 18.0 Å². The monoisotopic (exact) mass is 264 g/mol. The topological polar surface area (TPSA) is 44.1 Å². The predicted octanol–water partition coefficient (Wildman–Crippen LogP) is 3.45. The van der Waals surface area contributed by atoms with Crippen LogP contribution in [-0.2, 0) is 6.54 Å². The van der Waals surface area contributed by atoms with Crippen molar-refractivity contribution in [3.05, 3.63) is 11.9 Å². The highest BCUT2D eigenvalue weighted by Crippen LogP contribution is 2.28. The Labute approximate surface area is 115 Å². The van der Waals surface area contributed by atoms with Crippen molar-refractivity contribution in [3.8, 4) is 5.75 Å². The van der Waals surface area contributed by atoms with Crippen LogP contribution < -0.4 is 4.74 Å². The van der Waals surface area contributed by atoms with Crippen LogP contribution in [0.3, 0.4) is 0 Å². The highest BCUT2D eigenvalue weighted by molar-refractivity contribution is 5.97. The quantitative estimate of drug-likeness (QED) is 0.604. The number of hydrogen-bond donors (Lipinski definition) is 0. The van der Waals surface area contributed by atoms with Gasteiger partial charge in [0.25, 0.3) is 0 Å². The SMILES string of the molecule is CCn1ncc(OC)c1C(=O)CC1CCCCCC1. The van der Waals surface area contributed by atoms with Crippen LogP contribution in [0.1, 0.15) is 62.4 Å². The van der Waals surface area contributed by atoms with Crippen molar-refractivity contribution >= 4 is 5.78 Å². The minimum absolute atomic E-state index is 0.183. The summed E-state index contributed by atoms with van der Waals surface area (Å²) < 4.78 is 7.01. The van der Waals surface area contributed by atoms with Gasteiger partial charge in [0, 0.05) is 13.0 Å². The fourth-order valence-electron chi connectivity index (χ4n) is 2.97. The van der Waals surface area contributed by atoms with E-state index in [-0.39, 0.29) is 5.78 Å². The molecule has 0 bridgehead atoms. The first kappa shape index (κ1) is 14.1. The number of nitrogens with zero attached hydrogens (tertiary/aromatic N) is 2. The molecule has 0 saturated heterocycles. The smallest absolute Gasteiger partial charge is 0.184 e. The second-order valence-electron chi connectivity index (χ2n) is 5.36. The molecule has 1 aliphatic carbocycles.